The van der Waals surface area contributed by atoms with E-state index in [1.54, 1.807) is 0 Å². The molecule has 0 amide bonds. The molecule has 0 bridgehead atoms. The highest BCUT2D eigenvalue weighted by Gasteiger charge is 2.11. The van der Waals surface area contributed by atoms with Crippen molar-refractivity contribution < 1.29 is 4.79 Å². The Bertz CT molecular complexity index is 485. The molecule has 0 aliphatic carbocycles. The number of carbonyl (C=O) groups is 1. The van der Waals surface area contributed by atoms with Crippen LogP contribution < -0.4 is 0 Å². The molecule has 1 atom stereocenters. The second kappa shape index (κ2) is 4.85. The van der Waals surface area contributed by atoms with Gasteiger partial charge in [0.2, 0.25) is 0 Å². The molecule has 82 valence electrons. The third kappa shape index (κ3) is 2.36. The molecule has 2 rings (SSSR count). The van der Waals surface area contributed by atoms with Gasteiger partial charge in [-0.05, 0) is 24.6 Å². The third-order valence-electron chi connectivity index (χ3n) is 2.43. The lowest BCUT2D eigenvalue weighted by Gasteiger charge is -2.08. The fourth-order valence-electron chi connectivity index (χ4n) is 1.49. The van der Waals surface area contributed by atoms with Crippen molar-refractivity contribution in [3.05, 3.63) is 57.3 Å². The van der Waals surface area contributed by atoms with E-state index in [2.05, 4.69) is 43.8 Å². The Balaban J connectivity index is 2.27. The van der Waals surface area contributed by atoms with Crippen molar-refractivity contribution in [3.8, 4) is 0 Å². The van der Waals surface area contributed by atoms with E-state index < -0.39 is 0 Å². The van der Waals surface area contributed by atoms with Gasteiger partial charge in [0.1, 0.15) is 0 Å². The second-order valence-corrected chi connectivity index (χ2v) is 5.33. The molecule has 1 nitrogen and oxygen atoms in total. The number of thiophene rings is 1. The Hall–Kier alpha value is -1.06. The maximum Gasteiger partial charge on any atom is 0.160 e. The SMILES string of the molecule is Cc1ccc(C(S)c2ccc(C=O)s2)cc1. The number of hydrogen-bond donors (Lipinski definition) is 1. The molecule has 0 radical (unpaired) electrons. The van der Waals surface area contributed by atoms with E-state index in [1.807, 2.05) is 12.1 Å². The Labute approximate surface area is 105 Å². The maximum atomic E-state index is 10.6. The van der Waals surface area contributed by atoms with Crippen molar-refractivity contribution >= 4 is 30.3 Å². The largest absolute Gasteiger partial charge is 0.297 e. The fourth-order valence-corrected chi connectivity index (χ4v) is 2.75. The van der Waals surface area contributed by atoms with Gasteiger partial charge in [-0.15, -0.1) is 11.3 Å². The molecule has 1 aromatic heterocycles. The molecule has 0 spiro atoms. The van der Waals surface area contributed by atoms with Crippen LogP contribution in [0.2, 0.25) is 0 Å². The first-order chi connectivity index (χ1) is 7.70. The number of carbonyl (C=O) groups excluding carboxylic acids is 1. The van der Waals surface area contributed by atoms with E-state index in [1.165, 1.54) is 16.9 Å². The zero-order valence-electron chi connectivity index (χ0n) is 8.88. The van der Waals surface area contributed by atoms with Gasteiger partial charge in [0.15, 0.2) is 6.29 Å². The van der Waals surface area contributed by atoms with Crippen LogP contribution in [0.25, 0.3) is 0 Å². The minimum Gasteiger partial charge on any atom is -0.297 e. The molecule has 1 unspecified atom stereocenters. The lowest BCUT2D eigenvalue weighted by molar-refractivity contribution is 0.112. The highest BCUT2D eigenvalue weighted by atomic mass is 32.1. The Morgan fingerprint density at radius 2 is 1.88 bits per heavy atom. The number of rotatable bonds is 3. The third-order valence-corrected chi connectivity index (χ3v) is 4.25. The molecule has 1 heterocycles. The normalized spacial score (nSPS) is 12.4. The van der Waals surface area contributed by atoms with Crippen LogP contribution in [0.3, 0.4) is 0 Å². The summed E-state index contributed by atoms with van der Waals surface area (Å²) in [5, 5.41) is 0.0549. The molecule has 0 N–H and O–H groups in total. The summed E-state index contributed by atoms with van der Waals surface area (Å²) in [5.74, 6) is 0. The first-order valence-corrected chi connectivity index (χ1v) is 6.33. The fraction of sp³-hybridized carbons (Fsp3) is 0.154. The minimum absolute atomic E-state index is 0.0549. The number of benzene rings is 1. The van der Waals surface area contributed by atoms with Crippen molar-refractivity contribution in [2.45, 2.75) is 12.2 Å². The number of aryl methyl sites for hydroxylation is 1. The number of hydrogen-bond acceptors (Lipinski definition) is 3. The van der Waals surface area contributed by atoms with Gasteiger partial charge in [0, 0.05) is 4.88 Å². The minimum atomic E-state index is 0.0549. The Morgan fingerprint density at radius 3 is 2.44 bits per heavy atom. The maximum absolute atomic E-state index is 10.6. The van der Waals surface area contributed by atoms with Gasteiger partial charge >= 0.3 is 0 Å². The summed E-state index contributed by atoms with van der Waals surface area (Å²) < 4.78 is 0. The standard InChI is InChI=1S/C13H12OS2/c1-9-2-4-10(5-3-9)13(15)12-7-6-11(8-14)16-12/h2-8,13,15H,1H3. The van der Waals surface area contributed by atoms with Gasteiger partial charge in [-0.25, -0.2) is 0 Å². The second-order valence-electron chi connectivity index (χ2n) is 3.67. The summed E-state index contributed by atoms with van der Waals surface area (Å²) in [6.45, 7) is 2.06. The van der Waals surface area contributed by atoms with E-state index in [9.17, 15) is 4.79 Å². The summed E-state index contributed by atoms with van der Waals surface area (Å²) in [4.78, 5) is 12.5. The Kier molecular flexibility index (Phi) is 3.46. The van der Waals surface area contributed by atoms with Crippen molar-refractivity contribution in [3.63, 3.8) is 0 Å². The van der Waals surface area contributed by atoms with Crippen LogP contribution in [0.5, 0.6) is 0 Å². The smallest absolute Gasteiger partial charge is 0.160 e. The first-order valence-electron chi connectivity index (χ1n) is 5.00. The highest BCUT2D eigenvalue weighted by Crippen LogP contribution is 2.32. The molecule has 16 heavy (non-hydrogen) atoms. The van der Waals surface area contributed by atoms with Crippen LogP contribution in [0.15, 0.2) is 36.4 Å². The van der Waals surface area contributed by atoms with Crippen molar-refractivity contribution in [2.24, 2.45) is 0 Å². The van der Waals surface area contributed by atoms with Crippen molar-refractivity contribution in [2.75, 3.05) is 0 Å². The topological polar surface area (TPSA) is 17.1 Å². The zero-order chi connectivity index (χ0) is 11.5. The summed E-state index contributed by atoms with van der Waals surface area (Å²) in [6.07, 6.45) is 0.879. The summed E-state index contributed by atoms with van der Waals surface area (Å²) in [5.41, 5.74) is 2.40. The molecular formula is C13H12OS2. The van der Waals surface area contributed by atoms with Crippen LogP contribution in [0, 0.1) is 6.92 Å². The van der Waals surface area contributed by atoms with Crippen molar-refractivity contribution in [1.29, 1.82) is 0 Å². The van der Waals surface area contributed by atoms with Gasteiger partial charge in [0.25, 0.3) is 0 Å². The number of thiol groups is 1. The highest BCUT2D eigenvalue weighted by molar-refractivity contribution is 7.81. The lowest BCUT2D eigenvalue weighted by Crippen LogP contribution is -1.89. The molecule has 0 aliphatic heterocycles. The van der Waals surface area contributed by atoms with Crippen LogP contribution in [-0.4, -0.2) is 6.29 Å². The molecule has 1 aromatic carbocycles. The van der Waals surface area contributed by atoms with Gasteiger partial charge in [-0.2, -0.15) is 12.6 Å². The summed E-state index contributed by atoms with van der Waals surface area (Å²) >= 11 is 6.09. The monoisotopic (exact) mass is 248 g/mol. The van der Waals surface area contributed by atoms with E-state index in [4.69, 9.17) is 0 Å². The molecule has 0 aliphatic rings. The molecule has 0 fully saturated rings. The van der Waals surface area contributed by atoms with Crippen LogP contribution >= 0.6 is 24.0 Å². The predicted molar refractivity (Wildman–Crippen MR) is 71.7 cm³/mol. The lowest BCUT2D eigenvalue weighted by atomic mass is 10.1. The van der Waals surface area contributed by atoms with E-state index in [0.29, 0.717) is 0 Å². The van der Waals surface area contributed by atoms with Crippen molar-refractivity contribution in [1.82, 2.24) is 0 Å². The molecule has 0 saturated heterocycles. The quantitative estimate of drug-likeness (QED) is 0.644. The molecule has 2 aromatic rings. The van der Waals surface area contributed by atoms with E-state index in [-0.39, 0.29) is 5.25 Å². The predicted octanol–water partition coefficient (Wildman–Crippen LogP) is 3.89. The summed E-state index contributed by atoms with van der Waals surface area (Å²) in [7, 11) is 0. The number of aldehydes is 1. The van der Waals surface area contributed by atoms with E-state index >= 15 is 0 Å². The molecule has 3 heteroatoms. The van der Waals surface area contributed by atoms with Gasteiger partial charge in [-0.1, -0.05) is 29.8 Å². The average molecular weight is 248 g/mol. The van der Waals surface area contributed by atoms with Gasteiger partial charge < -0.3 is 0 Å². The summed E-state index contributed by atoms with van der Waals surface area (Å²) in [6, 6.07) is 12.1. The van der Waals surface area contributed by atoms with Crippen LogP contribution in [-0.2, 0) is 0 Å². The van der Waals surface area contributed by atoms with Gasteiger partial charge in [0.05, 0.1) is 10.1 Å². The van der Waals surface area contributed by atoms with Crippen LogP contribution in [0.4, 0.5) is 0 Å². The Morgan fingerprint density at radius 1 is 1.19 bits per heavy atom. The average Bonchev–Trinajstić information content (AvgIpc) is 2.77. The van der Waals surface area contributed by atoms with Crippen LogP contribution in [0.1, 0.15) is 30.9 Å². The zero-order valence-corrected chi connectivity index (χ0v) is 10.6. The molecule has 0 saturated carbocycles. The van der Waals surface area contributed by atoms with E-state index in [0.717, 1.165) is 21.6 Å². The molecular weight excluding hydrogens is 236 g/mol. The first kappa shape index (κ1) is 11.4. The van der Waals surface area contributed by atoms with Gasteiger partial charge in [-0.3, -0.25) is 4.79 Å².